The van der Waals surface area contributed by atoms with Crippen molar-refractivity contribution < 1.29 is 48.7 Å². The first-order valence-corrected chi connectivity index (χ1v) is 9.07. The molecule has 0 saturated heterocycles. The molecule has 0 atom stereocenters. The molecule has 0 fully saturated rings. The Morgan fingerprint density at radius 3 is 1.56 bits per heavy atom. The molecular formula is C22H24O10. The second-order valence-corrected chi connectivity index (χ2v) is 7.28. The highest BCUT2D eigenvalue weighted by Crippen LogP contribution is 2.32. The van der Waals surface area contributed by atoms with Gasteiger partial charge in [-0.1, -0.05) is 0 Å². The average Bonchev–Trinajstić information content (AvgIpc) is 2.73. The number of carbonyl (C=O) groups excluding carboxylic acids is 3. The number of aromatic carboxylic acids is 1. The molecule has 0 aliphatic heterocycles. The van der Waals surface area contributed by atoms with Gasteiger partial charge in [0.1, 0.15) is 29.3 Å². The van der Waals surface area contributed by atoms with Crippen LogP contribution in [0.4, 0.5) is 0 Å². The average molecular weight is 448 g/mol. The van der Waals surface area contributed by atoms with E-state index in [2.05, 4.69) is 0 Å². The number of phenols is 2. The van der Waals surface area contributed by atoms with E-state index in [9.17, 15) is 29.4 Å². The Labute approximate surface area is 184 Å². The lowest BCUT2D eigenvalue weighted by atomic mass is 10.1. The lowest BCUT2D eigenvalue weighted by molar-refractivity contribution is 0.00659. The number of aldehydes is 2. The van der Waals surface area contributed by atoms with Gasteiger partial charge >= 0.3 is 11.9 Å². The van der Waals surface area contributed by atoms with Crippen molar-refractivity contribution in [3.05, 3.63) is 46.5 Å². The Balaban J connectivity index is 0.000000330. The van der Waals surface area contributed by atoms with Crippen molar-refractivity contribution in [3.63, 3.8) is 0 Å². The molecule has 0 amide bonds. The quantitative estimate of drug-likeness (QED) is 0.443. The van der Waals surface area contributed by atoms with Crippen molar-refractivity contribution in [1.29, 1.82) is 0 Å². The molecule has 0 spiro atoms. The Bertz CT molecular complexity index is 1020. The molecule has 0 heterocycles. The predicted octanol–water partition coefficient (Wildman–Crippen LogP) is 3.08. The van der Waals surface area contributed by atoms with Crippen LogP contribution in [0, 0.1) is 0 Å². The van der Waals surface area contributed by atoms with Crippen LogP contribution in [0.2, 0.25) is 0 Å². The molecule has 0 aromatic heterocycles. The second-order valence-electron chi connectivity index (χ2n) is 7.28. The van der Waals surface area contributed by atoms with Gasteiger partial charge in [-0.15, -0.1) is 0 Å². The number of carbonyl (C=O) groups is 4. The highest BCUT2D eigenvalue weighted by molar-refractivity contribution is 5.96. The Kier molecular flexibility index (Phi) is 8.76. The second kappa shape index (κ2) is 10.8. The number of phenolic OH excluding ortho intramolecular Hbond substituents is 1. The minimum atomic E-state index is -1.32. The number of rotatable bonds is 6. The van der Waals surface area contributed by atoms with E-state index in [1.807, 2.05) is 0 Å². The van der Waals surface area contributed by atoms with Crippen LogP contribution in [0.1, 0.15) is 62.2 Å². The Hall–Kier alpha value is -4.08. The maximum atomic E-state index is 11.9. The fraction of sp³-hybridized carbons (Fsp3) is 0.273. The normalized spacial score (nSPS) is 10.3. The van der Waals surface area contributed by atoms with Crippen LogP contribution in [-0.2, 0) is 4.74 Å². The number of carboxylic acid groups (broad SMARTS) is 1. The molecule has 2 aromatic rings. The van der Waals surface area contributed by atoms with Gasteiger partial charge in [0.2, 0.25) is 0 Å². The van der Waals surface area contributed by atoms with E-state index >= 15 is 0 Å². The van der Waals surface area contributed by atoms with Crippen LogP contribution in [0.5, 0.6) is 23.0 Å². The largest absolute Gasteiger partial charge is 0.504 e. The maximum Gasteiger partial charge on any atom is 0.342 e. The summed E-state index contributed by atoms with van der Waals surface area (Å²) in [5, 5.41) is 27.9. The fourth-order valence-electron chi connectivity index (χ4n) is 2.36. The summed E-state index contributed by atoms with van der Waals surface area (Å²) in [4.78, 5) is 43.7. The molecule has 3 N–H and O–H groups in total. The van der Waals surface area contributed by atoms with Crippen LogP contribution < -0.4 is 9.47 Å². The van der Waals surface area contributed by atoms with Crippen LogP contribution in [0.25, 0.3) is 0 Å². The molecule has 172 valence electrons. The maximum absolute atomic E-state index is 11.9. The van der Waals surface area contributed by atoms with Crippen LogP contribution in [0.3, 0.4) is 0 Å². The van der Waals surface area contributed by atoms with Gasteiger partial charge in [0, 0.05) is 11.1 Å². The summed E-state index contributed by atoms with van der Waals surface area (Å²) in [5.41, 5.74) is -0.770. The van der Waals surface area contributed by atoms with Crippen molar-refractivity contribution >= 4 is 24.5 Å². The molecule has 2 aromatic carbocycles. The monoisotopic (exact) mass is 448 g/mol. The number of ether oxygens (including phenoxy) is 3. The summed E-state index contributed by atoms with van der Waals surface area (Å²) in [7, 11) is 2.61. The highest BCUT2D eigenvalue weighted by Gasteiger charge is 2.23. The Morgan fingerprint density at radius 1 is 0.812 bits per heavy atom. The summed E-state index contributed by atoms with van der Waals surface area (Å²) in [6.45, 7) is 5.13. The topological polar surface area (TPSA) is 157 Å². The molecule has 0 unspecified atom stereocenters. The first-order valence-electron chi connectivity index (χ1n) is 9.07. The summed E-state index contributed by atoms with van der Waals surface area (Å²) in [5.74, 6) is -2.82. The number of carboxylic acids is 1. The van der Waals surface area contributed by atoms with Crippen molar-refractivity contribution in [1.82, 2.24) is 0 Å². The van der Waals surface area contributed by atoms with Crippen molar-refractivity contribution in [2.24, 2.45) is 0 Å². The standard InChI is InChI=1S/C13H16O5.C9H8O5/c1-13(2,3)18-12(16)9-5-8(7-14)6-10(17-4)11(9)15;1-14-7-3-5(4-10)2-6(8(7)11)9(12)13/h5-7,15H,1-4H3;2-4,11H,1H3,(H,12,13). The van der Waals surface area contributed by atoms with E-state index in [0.717, 1.165) is 6.07 Å². The SMILES string of the molecule is COc1cc(C=O)cc(C(=O)O)c1O.COc1cc(C=O)cc(C(=O)OC(C)(C)C)c1O. The number of benzene rings is 2. The van der Waals surface area contributed by atoms with Gasteiger partial charge in [-0.2, -0.15) is 0 Å². The van der Waals surface area contributed by atoms with Crippen molar-refractivity contribution in [2.45, 2.75) is 26.4 Å². The molecule has 0 aliphatic rings. The summed E-state index contributed by atoms with van der Waals surface area (Å²) in [6, 6.07) is 4.94. The minimum absolute atomic E-state index is 0.0352. The van der Waals surface area contributed by atoms with E-state index in [1.165, 1.54) is 32.4 Å². The van der Waals surface area contributed by atoms with Gasteiger partial charge < -0.3 is 29.5 Å². The predicted molar refractivity (Wildman–Crippen MR) is 112 cm³/mol. The number of hydrogen-bond acceptors (Lipinski definition) is 9. The molecule has 32 heavy (non-hydrogen) atoms. The molecule has 0 bridgehead atoms. The first kappa shape index (κ1) is 26.0. The van der Waals surface area contributed by atoms with Crippen LogP contribution >= 0.6 is 0 Å². The van der Waals surface area contributed by atoms with Crippen molar-refractivity contribution in [3.8, 4) is 23.0 Å². The van der Waals surface area contributed by atoms with Gasteiger partial charge in [0.15, 0.2) is 23.0 Å². The molecule has 0 saturated carbocycles. The zero-order chi connectivity index (χ0) is 24.6. The van der Waals surface area contributed by atoms with Crippen LogP contribution in [-0.4, -0.2) is 59.7 Å². The number of esters is 1. The first-order chi connectivity index (χ1) is 14.9. The highest BCUT2D eigenvalue weighted by atomic mass is 16.6. The van der Waals surface area contributed by atoms with E-state index in [-0.39, 0.29) is 39.5 Å². The zero-order valence-electron chi connectivity index (χ0n) is 18.2. The molecule has 10 nitrogen and oxygen atoms in total. The molecule has 0 aliphatic carbocycles. The summed E-state index contributed by atoms with van der Waals surface area (Å²) >= 11 is 0. The third-order valence-electron chi connectivity index (χ3n) is 3.76. The number of aromatic hydroxyl groups is 2. The zero-order valence-corrected chi connectivity index (χ0v) is 18.2. The van der Waals surface area contributed by atoms with Gasteiger partial charge in [-0.05, 0) is 45.0 Å². The van der Waals surface area contributed by atoms with E-state index in [1.54, 1.807) is 20.8 Å². The summed E-state index contributed by atoms with van der Waals surface area (Å²) < 4.78 is 14.7. The van der Waals surface area contributed by atoms with Gasteiger partial charge in [-0.25, -0.2) is 9.59 Å². The van der Waals surface area contributed by atoms with Gasteiger partial charge in [-0.3, -0.25) is 9.59 Å². The summed E-state index contributed by atoms with van der Waals surface area (Å²) in [6.07, 6.45) is 1.05. The van der Waals surface area contributed by atoms with Gasteiger partial charge in [0.25, 0.3) is 0 Å². The van der Waals surface area contributed by atoms with Crippen molar-refractivity contribution in [2.75, 3.05) is 14.2 Å². The molecular weight excluding hydrogens is 424 g/mol. The van der Waals surface area contributed by atoms with Gasteiger partial charge in [0.05, 0.1) is 14.2 Å². The molecule has 2 rings (SSSR count). The number of methoxy groups -OCH3 is 2. The van der Waals surface area contributed by atoms with E-state index < -0.39 is 23.3 Å². The van der Waals surface area contributed by atoms with E-state index in [4.69, 9.17) is 19.3 Å². The molecule has 0 radical (unpaired) electrons. The third-order valence-corrected chi connectivity index (χ3v) is 3.76. The Morgan fingerprint density at radius 2 is 1.22 bits per heavy atom. The van der Waals surface area contributed by atoms with Crippen LogP contribution in [0.15, 0.2) is 24.3 Å². The lowest BCUT2D eigenvalue weighted by Crippen LogP contribution is -2.24. The number of hydrogen-bond donors (Lipinski definition) is 3. The fourth-order valence-corrected chi connectivity index (χ4v) is 2.36. The lowest BCUT2D eigenvalue weighted by Gasteiger charge is -2.20. The molecule has 10 heteroatoms. The smallest absolute Gasteiger partial charge is 0.342 e. The van der Waals surface area contributed by atoms with E-state index in [0.29, 0.717) is 12.6 Å². The third kappa shape index (κ3) is 6.73. The minimum Gasteiger partial charge on any atom is -0.504 e.